The van der Waals surface area contributed by atoms with Crippen LogP contribution in [0.5, 0.6) is 0 Å². The smallest absolute Gasteiger partial charge is 0.166 e. The predicted octanol–water partition coefficient (Wildman–Crippen LogP) is 2.26. The molecule has 1 unspecified atom stereocenters. The maximum Gasteiger partial charge on any atom is 0.166 e. The van der Waals surface area contributed by atoms with Crippen molar-refractivity contribution in [3.63, 3.8) is 0 Å². The number of carbonyl (C=O) groups excluding carboxylic acids is 2. The summed E-state index contributed by atoms with van der Waals surface area (Å²) in [5.74, 6) is -0.0275. The Morgan fingerprint density at radius 2 is 1.72 bits per heavy atom. The van der Waals surface area contributed by atoms with Crippen molar-refractivity contribution in [3.05, 3.63) is 41.2 Å². The normalized spacial score (nSPS) is 27.6. The van der Waals surface area contributed by atoms with Crippen LogP contribution in [0.4, 0.5) is 0 Å². The molecule has 0 saturated heterocycles. The number of ketones is 2. The fraction of sp³-hybridized carbons (Fsp3) is 0.286. The van der Waals surface area contributed by atoms with Crippen LogP contribution < -0.4 is 5.30 Å². The second-order valence-corrected chi connectivity index (χ2v) is 7.58. The van der Waals surface area contributed by atoms with Gasteiger partial charge in [0.15, 0.2) is 12.9 Å². The van der Waals surface area contributed by atoms with Crippen molar-refractivity contribution >= 4 is 24.0 Å². The number of rotatable bonds is 1. The van der Waals surface area contributed by atoms with Crippen molar-refractivity contribution in [2.24, 2.45) is 0 Å². The monoisotopic (exact) mass is 260 g/mol. The van der Waals surface area contributed by atoms with E-state index in [9.17, 15) is 14.2 Å². The maximum absolute atomic E-state index is 13.2. The Labute approximate surface area is 105 Å². The summed E-state index contributed by atoms with van der Waals surface area (Å²) in [6.45, 7) is 0. The average molecular weight is 260 g/mol. The van der Waals surface area contributed by atoms with Gasteiger partial charge in [-0.3, -0.25) is 9.59 Å². The highest BCUT2D eigenvalue weighted by Gasteiger charge is 2.44. The zero-order valence-electron chi connectivity index (χ0n) is 9.89. The lowest BCUT2D eigenvalue weighted by Gasteiger charge is -2.24. The molecule has 0 N–H and O–H groups in total. The maximum atomic E-state index is 13.2. The van der Waals surface area contributed by atoms with E-state index in [2.05, 4.69) is 0 Å². The highest BCUT2D eigenvalue weighted by molar-refractivity contribution is 7.77. The molecule has 1 aliphatic heterocycles. The standard InChI is InChI=1S/C14H13O3P/c15-11-8-10-6-7-13(16)14(10)18(17,9-11)12-4-2-1-3-5-12/h1-5H,6-9H2. The van der Waals surface area contributed by atoms with Crippen molar-refractivity contribution in [3.8, 4) is 0 Å². The second-order valence-electron chi connectivity index (χ2n) is 4.82. The number of benzene rings is 1. The molecule has 0 amide bonds. The highest BCUT2D eigenvalue weighted by atomic mass is 31.2. The van der Waals surface area contributed by atoms with Crippen molar-refractivity contribution in [1.82, 2.24) is 0 Å². The zero-order chi connectivity index (χ0) is 12.8. The van der Waals surface area contributed by atoms with E-state index < -0.39 is 7.14 Å². The highest BCUT2D eigenvalue weighted by Crippen LogP contribution is 2.60. The van der Waals surface area contributed by atoms with Crippen molar-refractivity contribution in [1.29, 1.82) is 0 Å². The second kappa shape index (κ2) is 4.03. The van der Waals surface area contributed by atoms with Crippen molar-refractivity contribution in [2.75, 3.05) is 6.16 Å². The van der Waals surface area contributed by atoms with Crippen LogP contribution in [0.1, 0.15) is 19.3 Å². The van der Waals surface area contributed by atoms with E-state index in [1.165, 1.54) is 0 Å². The van der Waals surface area contributed by atoms with E-state index in [4.69, 9.17) is 0 Å². The fourth-order valence-electron chi connectivity index (χ4n) is 2.84. The van der Waals surface area contributed by atoms with Crippen LogP contribution in [0, 0.1) is 0 Å². The molecule has 1 aromatic rings. The average Bonchev–Trinajstić information content (AvgIpc) is 2.72. The SMILES string of the molecule is O=C1CC2=C(C(=O)CC2)P(=O)(c2ccccc2)C1. The molecular weight excluding hydrogens is 247 g/mol. The summed E-state index contributed by atoms with van der Waals surface area (Å²) in [7, 11) is -3.00. The quantitative estimate of drug-likeness (QED) is 0.728. The molecule has 3 nitrogen and oxygen atoms in total. The lowest BCUT2D eigenvalue weighted by molar-refractivity contribution is -0.116. The zero-order valence-corrected chi connectivity index (χ0v) is 10.8. The van der Waals surface area contributed by atoms with E-state index in [0.29, 0.717) is 29.9 Å². The fourth-order valence-corrected chi connectivity index (χ4v) is 5.92. The Kier molecular flexibility index (Phi) is 2.60. The van der Waals surface area contributed by atoms with Gasteiger partial charge < -0.3 is 4.57 Å². The predicted molar refractivity (Wildman–Crippen MR) is 69.4 cm³/mol. The lowest BCUT2D eigenvalue weighted by atomic mass is 10.1. The molecule has 0 aromatic heterocycles. The van der Waals surface area contributed by atoms with Gasteiger partial charge >= 0.3 is 0 Å². The van der Waals surface area contributed by atoms with Crippen LogP contribution in [0.2, 0.25) is 0 Å². The van der Waals surface area contributed by atoms with E-state index in [1.54, 1.807) is 24.3 Å². The largest absolute Gasteiger partial charge is 0.313 e. The molecule has 1 atom stereocenters. The molecule has 0 spiro atoms. The minimum absolute atomic E-state index is 0.00404. The molecule has 1 aromatic carbocycles. The van der Waals surface area contributed by atoms with Crippen LogP contribution in [-0.4, -0.2) is 17.7 Å². The van der Waals surface area contributed by atoms with Crippen LogP contribution >= 0.6 is 7.14 Å². The van der Waals surface area contributed by atoms with Gasteiger partial charge in [0, 0.05) is 18.1 Å². The molecule has 0 fully saturated rings. The molecule has 92 valence electrons. The summed E-state index contributed by atoms with van der Waals surface area (Å²) in [5, 5.41) is 1.12. The van der Waals surface area contributed by atoms with Gasteiger partial charge in [0.1, 0.15) is 5.78 Å². The number of carbonyl (C=O) groups is 2. The van der Waals surface area contributed by atoms with E-state index in [0.717, 1.165) is 5.57 Å². The third kappa shape index (κ3) is 1.62. The van der Waals surface area contributed by atoms with Gasteiger partial charge in [-0.05, 0) is 12.0 Å². The van der Waals surface area contributed by atoms with Crippen LogP contribution in [-0.2, 0) is 14.2 Å². The number of Topliss-reactive ketones (excluding diaryl/α,β-unsaturated/α-hetero) is 2. The Hall–Kier alpha value is -1.47. The number of hydrogen-bond acceptors (Lipinski definition) is 3. The molecule has 0 saturated carbocycles. The van der Waals surface area contributed by atoms with Gasteiger partial charge in [0.05, 0.1) is 11.5 Å². The van der Waals surface area contributed by atoms with Crippen LogP contribution in [0.3, 0.4) is 0 Å². The van der Waals surface area contributed by atoms with E-state index >= 15 is 0 Å². The summed E-state index contributed by atoms with van der Waals surface area (Å²) < 4.78 is 13.2. The summed E-state index contributed by atoms with van der Waals surface area (Å²) in [4.78, 5) is 23.7. The summed E-state index contributed by atoms with van der Waals surface area (Å²) in [6.07, 6.45) is 1.35. The summed E-state index contributed by atoms with van der Waals surface area (Å²) >= 11 is 0. The van der Waals surface area contributed by atoms with Gasteiger partial charge in [-0.25, -0.2) is 0 Å². The van der Waals surface area contributed by atoms with Crippen LogP contribution in [0.25, 0.3) is 0 Å². The molecular formula is C14H13O3P. The van der Waals surface area contributed by atoms with E-state index in [-0.39, 0.29) is 17.7 Å². The topological polar surface area (TPSA) is 51.2 Å². The summed E-state index contributed by atoms with van der Waals surface area (Å²) in [6, 6.07) is 8.96. The lowest BCUT2D eigenvalue weighted by Crippen LogP contribution is -2.22. The van der Waals surface area contributed by atoms with Crippen LogP contribution in [0.15, 0.2) is 41.2 Å². The van der Waals surface area contributed by atoms with Gasteiger partial charge in [-0.1, -0.05) is 30.3 Å². The van der Waals surface area contributed by atoms with Crippen molar-refractivity contribution < 1.29 is 14.2 Å². The number of hydrogen-bond donors (Lipinski definition) is 0. The molecule has 3 rings (SSSR count). The van der Waals surface area contributed by atoms with E-state index in [1.807, 2.05) is 6.07 Å². The minimum atomic E-state index is -3.00. The summed E-state index contributed by atoms with van der Waals surface area (Å²) in [5.41, 5.74) is 0.823. The Morgan fingerprint density at radius 1 is 1.00 bits per heavy atom. The first kappa shape index (κ1) is 11.6. The van der Waals surface area contributed by atoms with Gasteiger partial charge in [-0.15, -0.1) is 0 Å². The Bertz CT molecular complexity index is 613. The molecule has 1 heterocycles. The Morgan fingerprint density at radius 3 is 2.44 bits per heavy atom. The molecule has 1 aliphatic carbocycles. The third-order valence-corrected chi connectivity index (χ3v) is 6.82. The molecule has 0 bridgehead atoms. The van der Waals surface area contributed by atoms with Crippen molar-refractivity contribution in [2.45, 2.75) is 19.3 Å². The number of allylic oxidation sites excluding steroid dienone is 2. The third-order valence-electron chi connectivity index (χ3n) is 3.60. The first-order valence-electron chi connectivity index (χ1n) is 6.03. The minimum Gasteiger partial charge on any atom is -0.313 e. The first-order valence-corrected chi connectivity index (χ1v) is 7.92. The van der Waals surface area contributed by atoms with Gasteiger partial charge in [0.25, 0.3) is 0 Å². The van der Waals surface area contributed by atoms with Gasteiger partial charge in [0.2, 0.25) is 0 Å². The molecule has 0 radical (unpaired) electrons. The first-order chi connectivity index (χ1) is 8.61. The molecule has 2 aliphatic rings. The molecule has 18 heavy (non-hydrogen) atoms. The molecule has 4 heteroatoms. The Balaban J connectivity index is 2.21. The van der Waals surface area contributed by atoms with Gasteiger partial charge in [-0.2, -0.15) is 0 Å².